The Bertz CT molecular complexity index is 393. The van der Waals surface area contributed by atoms with E-state index < -0.39 is 0 Å². The predicted octanol–water partition coefficient (Wildman–Crippen LogP) is 1.92. The second kappa shape index (κ2) is 2.20. The van der Waals surface area contributed by atoms with Gasteiger partial charge in [-0.3, -0.25) is 0 Å². The van der Waals surface area contributed by atoms with Crippen LogP contribution in [0, 0.1) is 6.92 Å². The average molecular weight is 168 g/mol. The van der Waals surface area contributed by atoms with Gasteiger partial charge in [0.25, 0.3) is 0 Å². The lowest BCUT2D eigenvalue weighted by Gasteiger charge is -1.92. The molecule has 2 heterocycles. The normalized spacial score (nSPS) is 10.7. The average Bonchev–Trinajstić information content (AvgIpc) is 2.34. The lowest BCUT2D eigenvalue weighted by molar-refractivity contribution is 1.14. The maximum absolute atomic E-state index is 5.87. The fraction of sp³-hybridized carbons (Fsp3) is 0.143. The molecule has 11 heavy (non-hydrogen) atoms. The van der Waals surface area contributed by atoms with Crippen molar-refractivity contribution >= 4 is 22.6 Å². The smallest absolute Gasteiger partial charge is 0.142 e. The van der Waals surface area contributed by atoms with E-state index in [0.717, 1.165) is 16.7 Å². The van der Waals surface area contributed by atoms with Gasteiger partial charge < -0.3 is 4.98 Å². The van der Waals surface area contributed by atoms with Gasteiger partial charge in [-0.25, -0.2) is 9.97 Å². The third-order valence-electron chi connectivity index (χ3n) is 1.61. The molecule has 3 nitrogen and oxygen atoms in total. The summed E-state index contributed by atoms with van der Waals surface area (Å²) in [6.07, 6.45) is 3.23. The van der Waals surface area contributed by atoms with E-state index in [1.807, 2.05) is 6.92 Å². The van der Waals surface area contributed by atoms with Crippen LogP contribution in [0.3, 0.4) is 0 Å². The minimum atomic E-state index is 0.679. The standard InChI is InChI=1S/C7H6ClN3/c1-4-6-5(8)2-9-7(6)11-3-10-4/h2-3H,1H3,(H,9,10,11). The molecule has 0 spiro atoms. The molecule has 2 rings (SSSR count). The third-order valence-corrected chi connectivity index (χ3v) is 1.91. The van der Waals surface area contributed by atoms with Crippen LogP contribution in [-0.4, -0.2) is 15.0 Å². The van der Waals surface area contributed by atoms with Crippen molar-refractivity contribution in [2.75, 3.05) is 0 Å². The van der Waals surface area contributed by atoms with Gasteiger partial charge >= 0.3 is 0 Å². The van der Waals surface area contributed by atoms with Crippen molar-refractivity contribution in [2.24, 2.45) is 0 Å². The second-order valence-corrected chi connectivity index (χ2v) is 2.73. The van der Waals surface area contributed by atoms with Crippen LogP contribution >= 0.6 is 11.6 Å². The molecule has 0 aliphatic carbocycles. The number of H-pyrrole nitrogens is 1. The van der Waals surface area contributed by atoms with Crippen molar-refractivity contribution < 1.29 is 0 Å². The molecule has 0 fully saturated rings. The zero-order chi connectivity index (χ0) is 7.84. The number of aryl methyl sites for hydroxylation is 1. The SMILES string of the molecule is Cc1ncnc2[nH]cc(Cl)c12. The van der Waals surface area contributed by atoms with Crippen LogP contribution in [0.25, 0.3) is 11.0 Å². The van der Waals surface area contributed by atoms with Crippen molar-refractivity contribution in [3.63, 3.8) is 0 Å². The molecule has 56 valence electrons. The summed E-state index contributed by atoms with van der Waals surface area (Å²) < 4.78 is 0. The Morgan fingerprint density at radius 2 is 2.27 bits per heavy atom. The Morgan fingerprint density at radius 1 is 1.45 bits per heavy atom. The zero-order valence-electron chi connectivity index (χ0n) is 5.93. The van der Waals surface area contributed by atoms with Gasteiger partial charge in [0.15, 0.2) is 0 Å². The van der Waals surface area contributed by atoms with E-state index in [9.17, 15) is 0 Å². The number of fused-ring (bicyclic) bond motifs is 1. The molecular weight excluding hydrogens is 162 g/mol. The highest BCUT2D eigenvalue weighted by atomic mass is 35.5. The molecule has 0 radical (unpaired) electrons. The van der Waals surface area contributed by atoms with E-state index in [0.29, 0.717) is 5.02 Å². The highest BCUT2D eigenvalue weighted by Crippen LogP contribution is 2.22. The minimum absolute atomic E-state index is 0.679. The minimum Gasteiger partial charge on any atom is -0.344 e. The Balaban J connectivity index is 2.96. The van der Waals surface area contributed by atoms with E-state index in [-0.39, 0.29) is 0 Å². The Kier molecular flexibility index (Phi) is 1.32. The van der Waals surface area contributed by atoms with E-state index in [1.165, 1.54) is 6.33 Å². The van der Waals surface area contributed by atoms with Gasteiger partial charge in [-0.15, -0.1) is 0 Å². The van der Waals surface area contributed by atoms with E-state index in [1.54, 1.807) is 6.20 Å². The number of hydrogen-bond donors (Lipinski definition) is 1. The quantitative estimate of drug-likeness (QED) is 0.652. The molecule has 0 saturated carbocycles. The van der Waals surface area contributed by atoms with Gasteiger partial charge in [0.05, 0.1) is 16.1 Å². The maximum atomic E-state index is 5.87. The Hall–Kier alpha value is -1.09. The highest BCUT2D eigenvalue weighted by Gasteiger charge is 2.04. The molecule has 2 aromatic rings. The third kappa shape index (κ3) is 0.886. The summed E-state index contributed by atoms with van der Waals surface area (Å²) in [5.74, 6) is 0. The molecule has 0 aliphatic heterocycles. The number of rotatable bonds is 0. The first-order valence-corrected chi connectivity index (χ1v) is 3.61. The van der Waals surface area contributed by atoms with Crippen molar-refractivity contribution in [1.82, 2.24) is 15.0 Å². The Labute approximate surface area is 68.4 Å². The molecule has 0 unspecified atom stereocenters. The Morgan fingerprint density at radius 3 is 3.00 bits per heavy atom. The monoisotopic (exact) mass is 167 g/mol. The lowest BCUT2D eigenvalue weighted by atomic mass is 10.3. The largest absolute Gasteiger partial charge is 0.344 e. The molecule has 0 amide bonds. The van der Waals surface area contributed by atoms with Crippen LogP contribution in [0.15, 0.2) is 12.5 Å². The van der Waals surface area contributed by atoms with Gasteiger partial charge in [0.1, 0.15) is 12.0 Å². The summed E-state index contributed by atoms with van der Waals surface area (Å²) in [7, 11) is 0. The summed E-state index contributed by atoms with van der Waals surface area (Å²) in [5.41, 5.74) is 1.70. The number of hydrogen-bond acceptors (Lipinski definition) is 2. The van der Waals surface area contributed by atoms with Gasteiger partial charge in [-0.1, -0.05) is 11.6 Å². The molecule has 0 atom stereocenters. The molecular formula is C7H6ClN3. The summed E-state index contributed by atoms with van der Waals surface area (Å²) in [6.45, 7) is 1.91. The van der Waals surface area contributed by atoms with Crippen LogP contribution in [0.4, 0.5) is 0 Å². The zero-order valence-corrected chi connectivity index (χ0v) is 6.68. The molecule has 0 saturated heterocycles. The van der Waals surface area contributed by atoms with Gasteiger partial charge in [-0.2, -0.15) is 0 Å². The van der Waals surface area contributed by atoms with E-state index >= 15 is 0 Å². The van der Waals surface area contributed by atoms with Crippen LogP contribution in [0.5, 0.6) is 0 Å². The summed E-state index contributed by atoms with van der Waals surface area (Å²) in [4.78, 5) is 11.0. The lowest BCUT2D eigenvalue weighted by Crippen LogP contribution is -1.83. The summed E-state index contributed by atoms with van der Waals surface area (Å²) in [5, 5.41) is 1.59. The van der Waals surface area contributed by atoms with Crippen molar-refractivity contribution in [2.45, 2.75) is 6.92 Å². The molecule has 1 N–H and O–H groups in total. The fourth-order valence-electron chi connectivity index (χ4n) is 1.07. The predicted molar refractivity (Wildman–Crippen MR) is 43.6 cm³/mol. The maximum Gasteiger partial charge on any atom is 0.142 e. The second-order valence-electron chi connectivity index (χ2n) is 2.32. The molecule has 0 bridgehead atoms. The first kappa shape index (κ1) is 6.61. The van der Waals surface area contributed by atoms with Gasteiger partial charge in [0, 0.05) is 6.20 Å². The molecule has 4 heteroatoms. The molecule has 2 aromatic heterocycles. The van der Waals surface area contributed by atoms with Gasteiger partial charge in [0.2, 0.25) is 0 Å². The van der Waals surface area contributed by atoms with Crippen LogP contribution in [-0.2, 0) is 0 Å². The van der Waals surface area contributed by atoms with Crippen molar-refractivity contribution in [3.05, 3.63) is 23.2 Å². The first-order chi connectivity index (χ1) is 5.29. The molecule has 0 aliphatic rings. The number of aromatic nitrogens is 3. The first-order valence-electron chi connectivity index (χ1n) is 3.23. The summed E-state index contributed by atoms with van der Waals surface area (Å²) in [6, 6.07) is 0. The van der Waals surface area contributed by atoms with E-state index in [4.69, 9.17) is 11.6 Å². The highest BCUT2D eigenvalue weighted by molar-refractivity contribution is 6.35. The fourth-order valence-corrected chi connectivity index (χ4v) is 1.35. The number of aromatic amines is 1. The van der Waals surface area contributed by atoms with Crippen LogP contribution < -0.4 is 0 Å². The van der Waals surface area contributed by atoms with E-state index in [2.05, 4.69) is 15.0 Å². The van der Waals surface area contributed by atoms with Crippen molar-refractivity contribution in [3.8, 4) is 0 Å². The van der Waals surface area contributed by atoms with Crippen LogP contribution in [0.1, 0.15) is 5.69 Å². The number of nitrogens with zero attached hydrogens (tertiary/aromatic N) is 2. The molecule has 0 aromatic carbocycles. The topological polar surface area (TPSA) is 41.6 Å². The summed E-state index contributed by atoms with van der Waals surface area (Å²) >= 11 is 5.87. The van der Waals surface area contributed by atoms with Crippen molar-refractivity contribution in [1.29, 1.82) is 0 Å². The van der Waals surface area contributed by atoms with Crippen LogP contribution in [0.2, 0.25) is 5.02 Å². The number of halogens is 1. The number of nitrogens with one attached hydrogen (secondary N) is 1. The van der Waals surface area contributed by atoms with Gasteiger partial charge in [-0.05, 0) is 6.92 Å².